The summed E-state index contributed by atoms with van der Waals surface area (Å²) in [6.45, 7) is 0.109. The van der Waals surface area contributed by atoms with Crippen LogP contribution in [-0.2, 0) is 16.1 Å². The van der Waals surface area contributed by atoms with Crippen LogP contribution in [-0.4, -0.2) is 41.1 Å². The third-order valence-electron chi connectivity index (χ3n) is 4.29. The van der Waals surface area contributed by atoms with Gasteiger partial charge in [0.25, 0.3) is 0 Å². The molecule has 1 atom stereocenters. The van der Waals surface area contributed by atoms with E-state index in [9.17, 15) is 14.4 Å². The predicted octanol–water partition coefficient (Wildman–Crippen LogP) is 1.12. The van der Waals surface area contributed by atoms with Gasteiger partial charge in [0.15, 0.2) is 11.5 Å². The predicted molar refractivity (Wildman–Crippen MR) is 92.9 cm³/mol. The number of carbonyl (C=O) groups is 3. The normalized spacial score (nSPS) is 18.2. The summed E-state index contributed by atoms with van der Waals surface area (Å²) in [5.74, 6) is -0.899. The number of rotatable bonds is 4. The van der Waals surface area contributed by atoms with E-state index in [4.69, 9.17) is 9.47 Å². The van der Waals surface area contributed by atoms with Gasteiger partial charge in [-0.25, -0.2) is 4.79 Å². The quantitative estimate of drug-likeness (QED) is 0.783. The number of hydrogen-bond donors (Lipinski definition) is 2. The molecule has 1 unspecified atom stereocenters. The van der Waals surface area contributed by atoms with Crippen molar-refractivity contribution in [3.63, 3.8) is 0 Å². The van der Waals surface area contributed by atoms with E-state index in [0.717, 1.165) is 4.90 Å². The smallest absolute Gasteiger partial charge is 0.324 e. The Morgan fingerprint density at radius 1 is 1.26 bits per heavy atom. The van der Waals surface area contributed by atoms with E-state index in [0.29, 0.717) is 22.7 Å². The van der Waals surface area contributed by atoms with E-state index in [-0.39, 0.29) is 19.9 Å². The standard InChI is InChI=1S/C18H16N4O5/c23-16(21-12-2-1-5-19-7-12)13-8-20-18(25)22(17(13)24)9-11-3-4-14-15(6-11)27-10-26-14/h1-7,13H,8-10H2,(H,20,25)(H,21,23). The Labute approximate surface area is 154 Å². The number of imide groups is 1. The fourth-order valence-corrected chi connectivity index (χ4v) is 2.90. The first-order valence-corrected chi connectivity index (χ1v) is 8.30. The molecule has 9 nitrogen and oxygen atoms in total. The molecule has 0 saturated carbocycles. The first-order chi connectivity index (χ1) is 13.1. The van der Waals surface area contributed by atoms with Gasteiger partial charge in [-0.2, -0.15) is 0 Å². The lowest BCUT2D eigenvalue weighted by Crippen LogP contribution is -2.57. The van der Waals surface area contributed by atoms with Gasteiger partial charge in [0, 0.05) is 12.7 Å². The summed E-state index contributed by atoms with van der Waals surface area (Å²) >= 11 is 0. The maximum absolute atomic E-state index is 12.7. The summed E-state index contributed by atoms with van der Waals surface area (Å²) in [6, 6.07) is 7.97. The lowest BCUT2D eigenvalue weighted by molar-refractivity contribution is -0.139. The maximum atomic E-state index is 12.7. The number of benzene rings is 1. The van der Waals surface area contributed by atoms with Gasteiger partial charge >= 0.3 is 6.03 Å². The Bertz CT molecular complexity index is 902. The highest BCUT2D eigenvalue weighted by Gasteiger charge is 2.38. The molecule has 138 valence electrons. The first-order valence-electron chi connectivity index (χ1n) is 8.30. The van der Waals surface area contributed by atoms with Gasteiger partial charge in [-0.3, -0.25) is 19.5 Å². The molecule has 2 N–H and O–H groups in total. The second-order valence-electron chi connectivity index (χ2n) is 6.08. The van der Waals surface area contributed by atoms with Crippen molar-refractivity contribution >= 4 is 23.5 Å². The number of amides is 4. The van der Waals surface area contributed by atoms with Crippen LogP contribution in [0.5, 0.6) is 11.5 Å². The first kappa shape index (κ1) is 16.8. The Kier molecular flexibility index (Phi) is 4.33. The molecule has 1 fully saturated rings. The Balaban J connectivity index is 1.48. The molecule has 0 radical (unpaired) electrons. The van der Waals surface area contributed by atoms with E-state index >= 15 is 0 Å². The molecule has 0 aliphatic carbocycles. The average Bonchev–Trinajstić information content (AvgIpc) is 3.13. The number of nitrogens with zero attached hydrogens (tertiary/aromatic N) is 2. The number of carbonyl (C=O) groups excluding carboxylic acids is 3. The van der Waals surface area contributed by atoms with Crippen LogP contribution in [0.3, 0.4) is 0 Å². The Hall–Kier alpha value is -3.62. The number of nitrogens with one attached hydrogen (secondary N) is 2. The van der Waals surface area contributed by atoms with Crippen LogP contribution in [0.4, 0.5) is 10.5 Å². The molecule has 0 spiro atoms. The molecule has 2 aromatic rings. The third-order valence-corrected chi connectivity index (χ3v) is 4.29. The second kappa shape index (κ2) is 6.94. The van der Waals surface area contributed by atoms with Gasteiger partial charge in [-0.1, -0.05) is 6.07 Å². The Morgan fingerprint density at radius 3 is 2.93 bits per heavy atom. The minimum absolute atomic E-state index is 0.0258. The molecule has 27 heavy (non-hydrogen) atoms. The van der Waals surface area contributed by atoms with Crippen LogP contribution in [0.15, 0.2) is 42.7 Å². The minimum atomic E-state index is -1.02. The van der Waals surface area contributed by atoms with Crippen molar-refractivity contribution < 1.29 is 23.9 Å². The number of anilines is 1. The number of pyridine rings is 1. The molecule has 1 aromatic heterocycles. The summed E-state index contributed by atoms with van der Waals surface area (Å²) in [5.41, 5.74) is 1.17. The molecule has 1 saturated heterocycles. The number of ether oxygens (including phenoxy) is 2. The van der Waals surface area contributed by atoms with Crippen LogP contribution in [0, 0.1) is 5.92 Å². The zero-order valence-electron chi connectivity index (χ0n) is 14.2. The molecule has 2 aliphatic heterocycles. The molecule has 9 heteroatoms. The Morgan fingerprint density at radius 2 is 2.11 bits per heavy atom. The number of fused-ring (bicyclic) bond motifs is 1. The summed E-state index contributed by atoms with van der Waals surface area (Å²) in [5, 5.41) is 5.22. The fourth-order valence-electron chi connectivity index (χ4n) is 2.90. The van der Waals surface area contributed by atoms with E-state index in [1.165, 1.54) is 6.20 Å². The largest absolute Gasteiger partial charge is 0.454 e. The van der Waals surface area contributed by atoms with E-state index in [1.807, 2.05) is 0 Å². The molecule has 4 amide bonds. The van der Waals surface area contributed by atoms with Gasteiger partial charge in [-0.05, 0) is 29.8 Å². The number of urea groups is 1. The maximum Gasteiger partial charge on any atom is 0.324 e. The average molecular weight is 368 g/mol. The SMILES string of the molecule is O=C(Nc1cccnc1)C1CNC(=O)N(Cc2ccc3c(c2)OCO3)C1=O. The molecule has 1 aromatic carbocycles. The van der Waals surface area contributed by atoms with E-state index < -0.39 is 23.8 Å². The summed E-state index contributed by atoms with van der Waals surface area (Å²) < 4.78 is 10.6. The molecule has 2 aliphatic rings. The van der Waals surface area contributed by atoms with Crippen molar-refractivity contribution in [1.29, 1.82) is 0 Å². The van der Waals surface area contributed by atoms with Crippen molar-refractivity contribution in [3.8, 4) is 11.5 Å². The van der Waals surface area contributed by atoms with Crippen LogP contribution in [0.1, 0.15) is 5.56 Å². The zero-order valence-corrected chi connectivity index (χ0v) is 14.2. The van der Waals surface area contributed by atoms with Crippen molar-refractivity contribution in [3.05, 3.63) is 48.3 Å². The molecular weight excluding hydrogens is 352 g/mol. The third kappa shape index (κ3) is 3.39. The van der Waals surface area contributed by atoms with E-state index in [2.05, 4.69) is 15.6 Å². The van der Waals surface area contributed by atoms with Crippen LogP contribution in [0.25, 0.3) is 0 Å². The van der Waals surface area contributed by atoms with Crippen LogP contribution in [0.2, 0.25) is 0 Å². The highest BCUT2D eigenvalue weighted by Crippen LogP contribution is 2.33. The van der Waals surface area contributed by atoms with Gasteiger partial charge in [0.05, 0.1) is 18.4 Å². The molecule has 0 bridgehead atoms. The summed E-state index contributed by atoms with van der Waals surface area (Å²) in [7, 11) is 0. The van der Waals surface area contributed by atoms with Gasteiger partial charge in [0.1, 0.15) is 5.92 Å². The monoisotopic (exact) mass is 368 g/mol. The molecular formula is C18H16N4O5. The highest BCUT2D eigenvalue weighted by atomic mass is 16.7. The van der Waals surface area contributed by atoms with Crippen LogP contribution < -0.4 is 20.1 Å². The summed E-state index contributed by atoms with van der Waals surface area (Å²) in [4.78, 5) is 42.3. The van der Waals surface area contributed by atoms with E-state index in [1.54, 1.807) is 36.5 Å². The van der Waals surface area contributed by atoms with Gasteiger partial charge in [0.2, 0.25) is 18.6 Å². The van der Waals surface area contributed by atoms with Crippen molar-refractivity contribution in [2.45, 2.75) is 6.54 Å². The number of hydrogen-bond acceptors (Lipinski definition) is 6. The second-order valence-corrected chi connectivity index (χ2v) is 6.08. The fraction of sp³-hybridized carbons (Fsp3) is 0.222. The lowest BCUT2D eigenvalue weighted by atomic mass is 10.0. The van der Waals surface area contributed by atoms with Gasteiger partial charge in [-0.15, -0.1) is 0 Å². The highest BCUT2D eigenvalue weighted by molar-refractivity contribution is 6.12. The molecule has 3 heterocycles. The lowest BCUT2D eigenvalue weighted by Gasteiger charge is -2.30. The van der Waals surface area contributed by atoms with Crippen molar-refractivity contribution in [2.24, 2.45) is 5.92 Å². The van der Waals surface area contributed by atoms with Crippen LogP contribution >= 0.6 is 0 Å². The van der Waals surface area contributed by atoms with Crippen molar-refractivity contribution in [1.82, 2.24) is 15.2 Å². The topological polar surface area (TPSA) is 110 Å². The molecule has 4 rings (SSSR count). The minimum Gasteiger partial charge on any atom is -0.454 e. The number of aromatic nitrogens is 1. The van der Waals surface area contributed by atoms with Crippen molar-refractivity contribution in [2.75, 3.05) is 18.7 Å². The van der Waals surface area contributed by atoms with Gasteiger partial charge < -0.3 is 20.1 Å². The summed E-state index contributed by atoms with van der Waals surface area (Å²) in [6.07, 6.45) is 3.06. The zero-order chi connectivity index (χ0) is 18.8.